The predicted octanol–water partition coefficient (Wildman–Crippen LogP) is 2.50. The molecule has 0 fully saturated rings. The topological polar surface area (TPSA) is 38.7 Å². The Balaban J connectivity index is 2.66. The van der Waals surface area contributed by atoms with E-state index in [0.29, 0.717) is 12.5 Å². The van der Waals surface area contributed by atoms with Gasteiger partial charge in [0, 0.05) is 7.11 Å². The van der Waals surface area contributed by atoms with Crippen molar-refractivity contribution in [1.82, 2.24) is 0 Å². The quantitative estimate of drug-likeness (QED) is 0.827. The first-order valence-corrected chi connectivity index (χ1v) is 5.95. The average Bonchev–Trinajstić information content (AvgIpc) is 2.28. The third-order valence-electron chi connectivity index (χ3n) is 2.67. The number of rotatable bonds is 6. The van der Waals surface area contributed by atoms with Gasteiger partial charge < -0.3 is 14.6 Å². The minimum Gasteiger partial charge on any atom is -0.491 e. The molecule has 3 heteroatoms. The van der Waals surface area contributed by atoms with Gasteiger partial charge in [0.05, 0.1) is 6.61 Å². The van der Waals surface area contributed by atoms with Gasteiger partial charge in [-0.2, -0.15) is 0 Å². The van der Waals surface area contributed by atoms with Crippen molar-refractivity contribution < 1.29 is 14.6 Å². The van der Waals surface area contributed by atoms with Crippen LogP contribution in [0.15, 0.2) is 18.2 Å². The van der Waals surface area contributed by atoms with E-state index in [0.717, 1.165) is 11.3 Å². The summed E-state index contributed by atoms with van der Waals surface area (Å²) in [5.41, 5.74) is 2.32. The Kier molecular flexibility index (Phi) is 5.45. The van der Waals surface area contributed by atoms with Gasteiger partial charge in [0.1, 0.15) is 18.5 Å². The molecular formula is C14H22O3. The number of benzene rings is 1. The summed E-state index contributed by atoms with van der Waals surface area (Å²) in [6.45, 7) is 6.85. The molecule has 0 aliphatic heterocycles. The van der Waals surface area contributed by atoms with Gasteiger partial charge in [0.25, 0.3) is 0 Å². The first-order chi connectivity index (χ1) is 8.04. The Hall–Kier alpha value is -1.06. The SMILES string of the molecule is COCC(O)COc1cc(C(C)C)ccc1C. The zero-order valence-electron chi connectivity index (χ0n) is 11.1. The van der Waals surface area contributed by atoms with E-state index in [4.69, 9.17) is 9.47 Å². The summed E-state index contributed by atoms with van der Waals surface area (Å²) in [6.07, 6.45) is -0.581. The van der Waals surface area contributed by atoms with Crippen molar-refractivity contribution in [2.45, 2.75) is 32.8 Å². The van der Waals surface area contributed by atoms with Gasteiger partial charge in [-0.1, -0.05) is 26.0 Å². The van der Waals surface area contributed by atoms with Crippen LogP contribution in [0.2, 0.25) is 0 Å². The van der Waals surface area contributed by atoms with Crippen LogP contribution in [0.4, 0.5) is 0 Å². The molecule has 0 radical (unpaired) electrons. The van der Waals surface area contributed by atoms with Gasteiger partial charge in [-0.15, -0.1) is 0 Å². The normalized spacial score (nSPS) is 12.8. The lowest BCUT2D eigenvalue weighted by molar-refractivity contribution is 0.0324. The Morgan fingerprint density at radius 1 is 1.24 bits per heavy atom. The fourth-order valence-corrected chi connectivity index (χ4v) is 1.56. The zero-order chi connectivity index (χ0) is 12.8. The maximum atomic E-state index is 9.53. The molecule has 1 aromatic carbocycles. The van der Waals surface area contributed by atoms with Crippen LogP contribution in [0.3, 0.4) is 0 Å². The second kappa shape index (κ2) is 6.62. The van der Waals surface area contributed by atoms with Crippen LogP contribution in [0, 0.1) is 6.92 Å². The van der Waals surface area contributed by atoms with Gasteiger partial charge >= 0.3 is 0 Å². The number of methoxy groups -OCH3 is 1. The molecule has 0 aromatic heterocycles. The van der Waals surface area contributed by atoms with E-state index in [1.165, 1.54) is 5.56 Å². The number of aliphatic hydroxyl groups excluding tert-OH is 1. The summed E-state index contributed by atoms with van der Waals surface area (Å²) < 4.78 is 10.5. The minimum absolute atomic E-state index is 0.260. The van der Waals surface area contributed by atoms with Gasteiger partial charge in [0.15, 0.2) is 0 Å². The lowest BCUT2D eigenvalue weighted by Gasteiger charge is -2.15. The largest absolute Gasteiger partial charge is 0.491 e. The molecule has 17 heavy (non-hydrogen) atoms. The molecular weight excluding hydrogens is 216 g/mol. The fraction of sp³-hybridized carbons (Fsp3) is 0.571. The molecule has 0 aliphatic carbocycles. The number of aliphatic hydroxyl groups is 1. The second-order valence-corrected chi connectivity index (χ2v) is 4.60. The van der Waals surface area contributed by atoms with E-state index in [-0.39, 0.29) is 6.61 Å². The van der Waals surface area contributed by atoms with Gasteiger partial charge in [0.2, 0.25) is 0 Å². The summed E-state index contributed by atoms with van der Waals surface area (Å²) in [5, 5.41) is 9.53. The molecule has 0 heterocycles. The average molecular weight is 238 g/mol. The molecule has 1 rings (SSSR count). The van der Waals surface area contributed by atoms with E-state index in [2.05, 4.69) is 19.9 Å². The molecule has 0 amide bonds. The van der Waals surface area contributed by atoms with Gasteiger partial charge in [-0.3, -0.25) is 0 Å². The summed E-state index contributed by atoms with van der Waals surface area (Å²) >= 11 is 0. The van der Waals surface area contributed by atoms with E-state index >= 15 is 0 Å². The van der Waals surface area contributed by atoms with Crippen LogP contribution in [0.25, 0.3) is 0 Å². The van der Waals surface area contributed by atoms with Crippen LogP contribution in [0.5, 0.6) is 5.75 Å². The van der Waals surface area contributed by atoms with E-state index in [1.807, 2.05) is 19.1 Å². The summed E-state index contributed by atoms with van der Waals surface area (Å²) in [6, 6.07) is 6.20. The van der Waals surface area contributed by atoms with Crippen LogP contribution < -0.4 is 4.74 Å². The minimum atomic E-state index is -0.581. The van der Waals surface area contributed by atoms with E-state index in [9.17, 15) is 5.11 Å². The lowest BCUT2D eigenvalue weighted by Crippen LogP contribution is -2.22. The van der Waals surface area contributed by atoms with Gasteiger partial charge in [-0.25, -0.2) is 0 Å². The lowest BCUT2D eigenvalue weighted by atomic mass is 10.0. The molecule has 0 spiro atoms. The first kappa shape index (κ1) is 14.0. The van der Waals surface area contributed by atoms with Crippen molar-refractivity contribution in [1.29, 1.82) is 0 Å². The molecule has 3 nitrogen and oxygen atoms in total. The molecule has 1 N–H and O–H groups in total. The fourth-order valence-electron chi connectivity index (χ4n) is 1.56. The monoisotopic (exact) mass is 238 g/mol. The molecule has 96 valence electrons. The van der Waals surface area contributed by atoms with Crippen LogP contribution in [-0.4, -0.2) is 31.5 Å². The highest BCUT2D eigenvalue weighted by molar-refractivity contribution is 5.37. The molecule has 0 saturated heterocycles. The molecule has 1 atom stereocenters. The van der Waals surface area contributed by atoms with Crippen molar-refractivity contribution in [3.8, 4) is 5.75 Å². The van der Waals surface area contributed by atoms with E-state index < -0.39 is 6.10 Å². The van der Waals surface area contributed by atoms with Crippen LogP contribution in [0.1, 0.15) is 30.9 Å². The Morgan fingerprint density at radius 2 is 1.94 bits per heavy atom. The predicted molar refractivity (Wildman–Crippen MR) is 68.6 cm³/mol. The standard InChI is InChI=1S/C14H22O3/c1-10(2)12-6-5-11(3)14(7-12)17-9-13(15)8-16-4/h5-7,10,13,15H,8-9H2,1-4H3. The molecule has 0 bridgehead atoms. The third-order valence-corrected chi connectivity index (χ3v) is 2.67. The van der Waals surface area contributed by atoms with Crippen LogP contribution >= 0.6 is 0 Å². The first-order valence-electron chi connectivity index (χ1n) is 5.95. The summed E-state index contributed by atoms with van der Waals surface area (Å²) in [4.78, 5) is 0. The summed E-state index contributed by atoms with van der Waals surface area (Å²) in [5.74, 6) is 1.31. The number of hydrogen-bond donors (Lipinski definition) is 1. The van der Waals surface area contributed by atoms with E-state index in [1.54, 1.807) is 7.11 Å². The zero-order valence-corrected chi connectivity index (χ0v) is 11.1. The number of hydrogen-bond acceptors (Lipinski definition) is 3. The van der Waals surface area contributed by atoms with Gasteiger partial charge in [-0.05, 0) is 30.0 Å². The van der Waals surface area contributed by atoms with Crippen LogP contribution in [-0.2, 0) is 4.74 Å². The Bertz CT molecular complexity index is 347. The molecule has 1 aromatic rings. The maximum Gasteiger partial charge on any atom is 0.122 e. The second-order valence-electron chi connectivity index (χ2n) is 4.60. The highest BCUT2D eigenvalue weighted by atomic mass is 16.5. The van der Waals surface area contributed by atoms with Crippen molar-refractivity contribution in [3.63, 3.8) is 0 Å². The molecule has 0 saturated carbocycles. The summed E-state index contributed by atoms with van der Waals surface area (Å²) in [7, 11) is 1.56. The smallest absolute Gasteiger partial charge is 0.122 e. The Labute approximate surface area is 103 Å². The highest BCUT2D eigenvalue weighted by Crippen LogP contribution is 2.24. The molecule has 1 unspecified atom stereocenters. The van der Waals surface area contributed by atoms with Crippen molar-refractivity contribution in [2.75, 3.05) is 20.3 Å². The highest BCUT2D eigenvalue weighted by Gasteiger charge is 2.08. The maximum absolute atomic E-state index is 9.53. The van der Waals surface area contributed by atoms with Crippen molar-refractivity contribution in [3.05, 3.63) is 29.3 Å². The van der Waals surface area contributed by atoms with Crippen molar-refractivity contribution >= 4 is 0 Å². The number of aryl methyl sites for hydroxylation is 1. The third kappa shape index (κ3) is 4.36. The number of ether oxygens (including phenoxy) is 2. The Morgan fingerprint density at radius 3 is 2.53 bits per heavy atom. The van der Waals surface area contributed by atoms with Crippen molar-refractivity contribution in [2.24, 2.45) is 0 Å². The molecule has 0 aliphatic rings.